The first-order chi connectivity index (χ1) is 11.7. The molecule has 1 fully saturated rings. The summed E-state index contributed by atoms with van der Waals surface area (Å²) >= 11 is 3.01. The molecule has 8 heteroatoms. The van der Waals surface area contributed by atoms with Gasteiger partial charge in [0.1, 0.15) is 17.3 Å². The molecular weight excluding hydrogens is 344 g/mol. The number of cyclic esters (lactones) is 1. The maximum absolute atomic E-state index is 11.7. The van der Waals surface area contributed by atoms with Crippen LogP contribution in [0.5, 0.6) is 0 Å². The topological polar surface area (TPSA) is 67.3 Å². The molecular formula is C16H24N4O2S2. The van der Waals surface area contributed by atoms with Crippen LogP contribution in [0, 0.1) is 0 Å². The van der Waals surface area contributed by atoms with Crippen molar-refractivity contribution < 1.29 is 9.53 Å². The number of nitrogens with zero attached hydrogens (tertiary/aromatic N) is 3. The van der Waals surface area contributed by atoms with Crippen molar-refractivity contribution in [3.63, 3.8) is 0 Å². The number of ether oxygens (including phenoxy) is 1. The normalized spacial score (nSPS) is 24.2. The van der Waals surface area contributed by atoms with Gasteiger partial charge in [-0.15, -0.1) is 11.8 Å². The maximum atomic E-state index is 11.7. The van der Waals surface area contributed by atoms with Crippen molar-refractivity contribution in [1.82, 2.24) is 19.0 Å². The van der Waals surface area contributed by atoms with E-state index >= 15 is 0 Å². The first-order valence-electron chi connectivity index (χ1n) is 8.53. The molecule has 2 atom stereocenters. The Morgan fingerprint density at radius 1 is 1.50 bits per heavy atom. The molecule has 1 amide bonds. The molecule has 132 valence electrons. The Balaban J connectivity index is 1.52. The summed E-state index contributed by atoms with van der Waals surface area (Å²) in [5, 5.41) is 4.48. The van der Waals surface area contributed by atoms with Crippen LogP contribution >= 0.6 is 23.5 Å². The first kappa shape index (κ1) is 17.7. The lowest BCUT2D eigenvalue weighted by molar-refractivity contribution is 0.157. The van der Waals surface area contributed by atoms with Crippen molar-refractivity contribution in [2.45, 2.75) is 50.2 Å². The third-order valence-electron chi connectivity index (χ3n) is 4.49. The fraction of sp³-hybridized carbons (Fsp3) is 0.688. The molecule has 1 saturated heterocycles. The second-order valence-electron chi connectivity index (χ2n) is 6.08. The van der Waals surface area contributed by atoms with Gasteiger partial charge in [0.15, 0.2) is 0 Å². The number of nitrogens with one attached hydrogen (secondary N) is 1. The average molecular weight is 369 g/mol. The predicted molar refractivity (Wildman–Crippen MR) is 97.4 cm³/mol. The van der Waals surface area contributed by atoms with Crippen LogP contribution < -0.4 is 5.32 Å². The van der Waals surface area contributed by atoms with Gasteiger partial charge in [-0.25, -0.2) is 4.79 Å². The zero-order valence-electron chi connectivity index (χ0n) is 14.2. The van der Waals surface area contributed by atoms with E-state index in [0.717, 1.165) is 48.8 Å². The van der Waals surface area contributed by atoms with Crippen molar-refractivity contribution in [1.29, 1.82) is 0 Å². The van der Waals surface area contributed by atoms with Gasteiger partial charge in [0.2, 0.25) is 0 Å². The molecule has 2 aliphatic rings. The highest BCUT2D eigenvalue weighted by Crippen LogP contribution is 2.30. The maximum Gasteiger partial charge on any atom is 0.410 e. The summed E-state index contributed by atoms with van der Waals surface area (Å²) in [7, 11) is 0. The largest absolute Gasteiger partial charge is 0.447 e. The summed E-state index contributed by atoms with van der Waals surface area (Å²) in [6, 6.07) is 0.560. The molecule has 1 aromatic heterocycles. The summed E-state index contributed by atoms with van der Waals surface area (Å²) < 4.78 is 14.1. The molecule has 0 aromatic carbocycles. The number of hydrogen-bond donors (Lipinski definition) is 1. The van der Waals surface area contributed by atoms with E-state index in [-0.39, 0.29) is 12.1 Å². The number of hydrogen-bond acceptors (Lipinski definition) is 7. The van der Waals surface area contributed by atoms with Crippen LogP contribution in [-0.2, 0) is 4.74 Å². The quantitative estimate of drug-likeness (QED) is 0.589. The Hall–Kier alpha value is -1.12. The fourth-order valence-corrected chi connectivity index (χ4v) is 4.68. The molecule has 2 aliphatic heterocycles. The second-order valence-corrected chi connectivity index (χ2v) is 7.69. The highest BCUT2D eigenvalue weighted by molar-refractivity contribution is 7.99. The predicted octanol–water partition coefficient (Wildman–Crippen LogP) is 3.02. The highest BCUT2D eigenvalue weighted by atomic mass is 32.2. The van der Waals surface area contributed by atoms with Gasteiger partial charge in [-0.2, -0.15) is 8.75 Å². The lowest BCUT2D eigenvalue weighted by Gasteiger charge is -2.21. The first-order valence-corrected chi connectivity index (χ1v) is 10.2. The highest BCUT2D eigenvalue weighted by Gasteiger charge is 2.30. The van der Waals surface area contributed by atoms with Crippen molar-refractivity contribution in [3.8, 4) is 0 Å². The molecule has 0 spiro atoms. The van der Waals surface area contributed by atoms with Gasteiger partial charge >= 0.3 is 6.09 Å². The smallest absolute Gasteiger partial charge is 0.410 e. The van der Waals surface area contributed by atoms with Crippen LogP contribution in [0.25, 0.3) is 5.57 Å². The number of amides is 1. The summed E-state index contributed by atoms with van der Waals surface area (Å²) in [4.78, 5) is 13.6. The Morgan fingerprint density at radius 2 is 2.38 bits per heavy atom. The van der Waals surface area contributed by atoms with E-state index < -0.39 is 0 Å². The fourth-order valence-electron chi connectivity index (χ4n) is 3.07. The van der Waals surface area contributed by atoms with Gasteiger partial charge in [0.25, 0.3) is 0 Å². The molecule has 1 aromatic rings. The number of aromatic nitrogens is 2. The minimum atomic E-state index is -0.171. The molecule has 3 heterocycles. The third kappa shape index (κ3) is 3.92. The standard InChI is InChI=1S/C16H24N4O2S2/c1-3-12-10-22-16(21)20(12)8-5-9-23-15-14(18-24-19-15)13-6-4-7-17-11(13)2/h6,11-12,17H,3-5,7-10H2,1-2H3/t11?,12-/m0/s1. The molecule has 6 nitrogen and oxygen atoms in total. The summed E-state index contributed by atoms with van der Waals surface area (Å²) in [5.74, 6) is 0.924. The Morgan fingerprint density at radius 3 is 3.17 bits per heavy atom. The van der Waals surface area contributed by atoms with E-state index in [9.17, 15) is 4.79 Å². The van der Waals surface area contributed by atoms with Crippen molar-refractivity contribution in [2.24, 2.45) is 0 Å². The molecule has 3 rings (SSSR count). The van der Waals surface area contributed by atoms with Crippen LogP contribution in [0.4, 0.5) is 4.79 Å². The van der Waals surface area contributed by atoms with Gasteiger partial charge in [-0.1, -0.05) is 13.0 Å². The molecule has 0 saturated carbocycles. The SMILES string of the molecule is CC[C@H]1COC(=O)N1CCCSc1nsnc1C1=CCCNC1C. The van der Waals surface area contributed by atoms with E-state index in [4.69, 9.17) is 4.74 Å². The van der Waals surface area contributed by atoms with Gasteiger partial charge in [0.05, 0.1) is 17.8 Å². The van der Waals surface area contributed by atoms with E-state index in [0.29, 0.717) is 12.6 Å². The van der Waals surface area contributed by atoms with Crippen LogP contribution in [0.15, 0.2) is 11.1 Å². The number of carbonyl (C=O) groups excluding carboxylic acids is 1. The zero-order chi connectivity index (χ0) is 16.9. The van der Waals surface area contributed by atoms with Crippen LogP contribution in [-0.4, -0.2) is 57.3 Å². The van der Waals surface area contributed by atoms with E-state index in [1.165, 1.54) is 17.3 Å². The number of rotatable bonds is 7. The van der Waals surface area contributed by atoms with Gasteiger partial charge in [-0.05, 0) is 38.3 Å². The van der Waals surface area contributed by atoms with E-state index in [2.05, 4.69) is 34.0 Å². The second kappa shape index (κ2) is 8.31. The minimum Gasteiger partial charge on any atom is -0.447 e. The molecule has 1 unspecified atom stereocenters. The molecule has 24 heavy (non-hydrogen) atoms. The van der Waals surface area contributed by atoms with Crippen LogP contribution in [0.2, 0.25) is 0 Å². The minimum absolute atomic E-state index is 0.171. The van der Waals surface area contributed by atoms with Crippen molar-refractivity contribution in [2.75, 3.05) is 25.4 Å². The van der Waals surface area contributed by atoms with Gasteiger partial charge < -0.3 is 15.0 Å². The van der Waals surface area contributed by atoms with E-state index in [1.807, 2.05) is 4.90 Å². The Bertz CT molecular complexity index is 605. The van der Waals surface area contributed by atoms with Gasteiger partial charge in [-0.3, -0.25) is 0 Å². The van der Waals surface area contributed by atoms with Crippen molar-refractivity contribution in [3.05, 3.63) is 11.8 Å². The summed E-state index contributed by atoms with van der Waals surface area (Å²) in [6.07, 6.45) is 5.01. The molecule has 0 radical (unpaired) electrons. The van der Waals surface area contributed by atoms with Crippen LogP contribution in [0.3, 0.4) is 0 Å². The Kier molecular flexibility index (Phi) is 6.13. The lowest BCUT2D eigenvalue weighted by Crippen LogP contribution is -2.34. The van der Waals surface area contributed by atoms with Crippen LogP contribution in [0.1, 0.15) is 38.8 Å². The summed E-state index contributed by atoms with van der Waals surface area (Å²) in [6.45, 7) is 6.56. The van der Waals surface area contributed by atoms with E-state index in [1.54, 1.807) is 11.8 Å². The Labute approximate surface area is 151 Å². The summed E-state index contributed by atoms with van der Waals surface area (Å²) in [5.41, 5.74) is 2.28. The lowest BCUT2D eigenvalue weighted by atomic mass is 10.0. The third-order valence-corrected chi connectivity index (χ3v) is 6.18. The number of thioether (sulfide) groups is 1. The number of carbonyl (C=O) groups is 1. The monoisotopic (exact) mass is 368 g/mol. The molecule has 0 bridgehead atoms. The molecule has 1 N–H and O–H groups in total. The van der Waals surface area contributed by atoms with Crippen molar-refractivity contribution >= 4 is 35.2 Å². The molecule has 0 aliphatic carbocycles. The van der Waals surface area contributed by atoms with Gasteiger partial charge in [0, 0.05) is 18.3 Å². The zero-order valence-corrected chi connectivity index (χ0v) is 15.8. The average Bonchev–Trinajstić information content (AvgIpc) is 3.19.